The molecule has 0 radical (unpaired) electrons. The van der Waals surface area contributed by atoms with Crippen LogP contribution in [0.1, 0.15) is 19.8 Å². The molecule has 1 aromatic carbocycles. The van der Waals surface area contributed by atoms with Gasteiger partial charge in [0.2, 0.25) is 5.44 Å². The number of hydrogen-bond donors (Lipinski definition) is 1. The quantitative estimate of drug-likeness (QED) is 0.832. The van der Waals surface area contributed by atoms with E-state index in [-0.39, 0.29) is 6.42 Å². The van der Waals surface area contributed by atoms with E-state index in [0.717, 1.165) is 0 Å². The number of rotatable bonds is 5. The van der Waals surface area contributed by atoms with Gasteiger partial charge in [0.25, 0.3) is 0 Å². The first-order valence-electron chi connectivity index (χ1n) is 5.58. The van der Waals surface area contributed by atoms with Crippen LogP contribution in [0.4, 0.5) is 0 Å². The third kappa shape index (κ3) is 2.62. The van der Waals surface area contributed by atoms with Crippen LogP contribution in [0.15, 0.2) is 30.6 Å². The highest BCUT2D eigenvalue weighted by Crippen LogP contribution is 2.13. The monoisotopic (exact) mass is 270 g/mol. The molecule has 1 aromatic heterocycles. The van der Waals surface area contributed by atoms with Gasteiger partial charge in [-0.05, 0) is 12.1 Å². The summed E-state index contributed by atoms with van der Waals surface area (Å²) in [6.07, 6.45) is 2.18. The van der Waals surface area contributed by atoms with Crippen molar-refractivity contribution in [1.29, 1.82) is 0 Å². The predicted octanol–water partition coefficient (Wildman–Crippen LogP) is 1.48. The molecule has 6 nitrogen and oxygen atoms in total. The van der Waals surface area contributed by atoms with Crippen LogP contribution < -0.4 is 4.84 Å². The number of imidazole rings is 1. The van der Waals surface area contributed by atoms with Crippen LogP contribution in [0, 0.1) is 0 Å². The Bertz CT molecular complexity index is 635. The van der Waals surface area contributed by atoms with Crippen LogP contribution in [0.25, 0.3) is 11.0 Å². The van der Waals surface area contributed by atoms with E-state index < -0.39 is 15.6 Å². The molecule has 1 heterocycles. The fourth-order valence-electron chi connectivity index (χ4n) is 1.64. The average Bonchev–Trinajstić information content (AvgIpc) is 2.71. The van der Waals surface area contributed by atoms with Crippen LogP contribution in [0.2, 0.25) is 0 Å². The van der Waals surface area contributed by atoms with Crippen LogP contribution in [-0.2, 0) is 10.1 Å². The summed E-state index contributed by atoms with van der Waals surface area (Å²) in [7, 11) is -4.24. The molecule has 98 valence electrons. The van der Waals surface area contributed by atoms with Crippen LogP contribution >= 0.6 is 0 Å². The van der Waals surface area contributed by atoms with Gasteiger partial charge in [-0.3, -0.25) is 4.55 Å². The number of hydrogen-bond acceptors (Lipinski definition) is 4. The Hall–Kier alpha value is -1.60. The minimum Gasteiger partial charge on any atom is -0.390 e. The maximum absolute atomic E-state index is 11.2. The standard InChI is InChI=1S/C11H14N2O4S/c1-2-5-11(18(14,15)16)17-13-8-12-9-6-3-4-7-10(9)13/h3-4,6-8,11H,2,5H2,1H3,(H,14,15,16). The lowest BCUT2D eigenvalue weighted by Gasteiger charge is -2.15. The molecular formula is C11H14N2O4S. The number of benzene rings is 1. The van der Waals surface area contributed by atoms with E-state index >= 15 is 0 Å². The van der Waals surface area contributed by atoms with E-state index in [9.17, 15) is 8.42 Å². The topological polar surface area (TPSA) is 81.4 Å². The smallest absolute Gasteiger partial charge is 0.306 e. The first kappa shape index (κ1) is 12.8. The number of aromatic nitrogens is 2. The molecule has 0 aliphatic carbocycles. The van der Waals surface area contributed by atoms with Gasteiger partial charge in [-0.15, -0.1) is 0 Å². The normalized spacial score (nSPS) is 13.7. The van der Waals surface area contributed by atoms with Crippen molar-refractivity contribution in [3.05, 3.63) is 30.6 Å². The molecule has 0 aliphatic heterocycles. The van der Waals surface area contributed by atoms with Crippen molar-refractivity contribution in [2.24, 2.45) is 0 Å². The van der Waals surface area contributed by atoms with E-state index in [1.165, 1.54) is 11.1 Å². The zero-order valence-corrected chi connectivity index (χ0v) is 10.7. The Morgan fingerprint density at radius 2 is 2.17 bits per heavy atom. The molecule has 0 amide bonds. The second kappa shape index (κ2) is 4.95. The summed E-state index contributed by atoms with van der Waals surface area (Å²) < 4.78 is 32.7. The molecule has 2 rings (SSSR count). The molecule has 1 N–H and O–H groups in total. The van der Waals surface area contributed by atoms with E-state index in [2.05, 4.69) is 4.98 Å². The lowest BCUT2D eigenvalue weighted by atomic mass is 10.3. The van der Waals surface area contributed by atoms with E-state index in [4.69, 9.17) is 9.39 Å². The SMILES string of the molecule is CCCC(On1cnc2ccccc21)S(=O)(=O)O. The minimum absolute atomic E-state index is 0.214. The van der Waals surface area contributed by atoms with Gasteiger partial charge in [0.05, 0.1) is 5.52 Å². The zero-order valence-electron chi connectivity index (χ0n) is 9.85. The summed E-state index contributed by atoms with van der Waals surface area (Å²) in [4.78, 5) is 9.36. The Labute approximate surface area is 105 Å². The van der Waals surface area contributed by atoms with Crippen LogP contribution in [-0.4, -0.2) is 28.1 Å². The van der Waals surface area contributed by atoms with E-state index in [1.54, 1.807) is 18.2 Å². The largest absolute Gasteiger partial charge is 0.390 e. The summed E-state index contributed by atoms with van der Waals surface area (Å²) in [6.45, 7) is 1.81. The molecule has 18 heavy (non-hydrogen) atoms. The Balaban J connectivity index is 2.32. The zero-order chi connectivity index (χ0) is 13.2. The van der Waals surface area contributed by atoms with Gasteiger partial charge in [-0.1, -0.05) is 25.5 Å². The van der Waals surface area contributed by atoms with Gasteiger partial charge in [0.1, 0.15) is 11.8 Å². The number of fused-ring (bicyclic) bond motifs is 1. The van der Waals surface area contributed by atoms with Crippen molar-refractivity contribution < 1.29 is 17.8 Å². The molecule has 0 aliphatic rings. The van der Waals surface area contributed by atoms with Gasteiger partial charge < -0.3 is 4.84 Å². The number of nitrogens with zero attached hydrogens (tertiary/aromatic N) is 2. The van der Waals surface area contributed by atoms with Gasteiger partial charge in [0.15, 0.2) is 0 Å². The maximum atomic E-state index is 11.2. The Morgan fingerprint density at radius 1 is 1.44 bits per heavy atom. The highest BCUT2D eigenvalue weighted by molar-refractivity contribution is 7.86. The first-order chi connectivity index (χ1) is 8.52. The third-order valence-electron chi connectivity index (χ3n) is 2.51. The van der Waals surface area contributed by atoms with Crippen molar-refractivity contribution in [3.63, 3.8) is 0 Å². The molecule has 0 bridgehead atoms. The Morgan fingerprint density at radius 3 is 2.83 bits per heavy atom. The van der Waals surface area contributed by atoms with Crippen molar-refractivity contribution in [2.45, 2.75) is 25.2 Å². The van der Waals surface area contributed by atoms with Gasteiger partial charge in [-0.2, -0.15) is 13.1 Å². The predicted molar refractivity (Wildman–Crippen MR) is 66.6 cm³/mol. The molecule has 2 aromatic rings. The summed E-state index contributed by atoms with van der Waals surface area (Å²) in [5.74, 6) is 0. The minimum atomic E-state index is -4.24. The van der Waals surface area contributed by atoms with Crippen molar-refractivity contribution >= 4 is 21.2 Å². The van der Waals surface area contributed by atoms with Crippen molar-refractivity contribution in [2.75, 3.05) is 0 Å². The second-order valence-corrected chi connectivity index (χ2v) is 5.45. The fourth-order valence-corrected chi connectivity index (χ4v) is 2.37. The highest BCUT2D eigenvalue weighted by atomic mass is 32.2. The van der Waals surface area contributed by atoms with Gasteiger partial charge in [-0.25, -0.2) is 4.98 Å². The van der Waals surface area contributed by atoms with Crippen molar-refractivity contribution in [3.8, 4) is 0 Å². The van der Waals surface area contributed by atoms with Gasteiger partial charge >= 0.3 is 10.1 Å². The van der Waals surface area contributed by atoms with Gasteiger partial charge in [0, 0.05) is 6.42 Å². The molecule has 0 spiro atoms. The molecule has 1 unspecified atom stereocenters. The molecule has 0 saturated heterocycles. The molecule has 0 fully saturated rings. The van der Waals surface area contributed by atoms with Crippen LogP contribution in [0.3, 0.4) is 0 Å². The van der Waals surface area contributed by atoms with Crippen LogP contribution in [0.5, 0.6) is 0 Å². The highest BCUT2D eigenvalue weighted by Gasteiger charge is 2.25. The lowest BCUT2D eigenvalue weighted by molar-refractivity contribution is 0.0809. The summed E-state index contributed by atoms with van der Waals surface area (Å²) in [5, 5.41) is 0. The average molecular weight is 270 g/mol. The third-order valence-corrected chi connectivity index (χ3v) is 3.49. The molecule has 0 saturated carbocycles. The summed E-state index contributed by atoms with van der Waals surface area (Å²) >= 11 is 0. The van der Waals surface area contributed by atoms with E-state index in [1.807, 2.05) is 13.0 Å². The first-order valence-corrected chi connectivity index (χ1v) is 7.08. The van der Waals surface area contributed by atoms with Crippen molar-refractivity contribution in [1.82, 2.24) is 9.71 Å². The maximum Gasteiger partial charge on any atom is 0.306 e. The molecule has 7 heteroatoms. The fraction of sp³-hybridized carbons (Fsp3) is 0.364. The second-order valence-electron chi connectivity index (χ2n) is 3.90. The molecular weight excluding hydrogens is 256 g/mol. The lowest BCUT2D eigenvalue weighted by Crippen LogP contribution is -2.32. The Kier molecular flexibility index (Phi) is 3.53. The van der Waals surface area contributed by atoms with E-state index in [0.29, 0.717) is 17.5 Å². The summed E-state index contributed by atoms with van der Waals surface area (Å²) in [6, 6.07) is 7.17. The number of para-hydroxylation sites is 2. The molecule has 1 atom stereocenters. The summed E-state index contributed by atoms with van der Waals surface area (Å²) in [5.41, 5.74) is 0.0745.